The highest BCUT2D eigenvalue weighted by atomic mass is 32.2. The van der Waals surface area contributed by atoms with Gasteiger partial charge in [-0.05, 0) is 24.6 Å². The van der Waals surface area contributed by atoms with E-state index in [0.29, 0.717) is 11.4 Å². The van der Waals surface area contributed by atoms with Gasteiger partial charge in [-0.2, -0.15) is 9.40 Å². The van der Waals surface area contributed by atoms with Gasteiger partial charge < -0.3 is 0 Å². The molecule has 0 atom stereocenters. The van der Waals surface area contributed by atoms with E-state index in [0.717, 1.165) is 6.07 Å². The van der Waals surface area contributed by atoms with Gasteiger partial charge in [0.1, 0.15) is 11.6 Å². The predicted octanol–water partition coefficient (Wildman–Crippen LogP) is 0.223. The Labute approximate surface area is 120 Å². The number of sulfonamides is 1. The van der Waals surface area contributed by atoms with Crippen LogP contribution in [0.25, 0.3) is 0 Å². The zero-order valence-corrected chi connectivity index (χ0v) is 12.0. The topological polar surface area (TPSA) is 88.1 Å². The number of halogens is 1. The Morgan fingerprint density at radius 3 is 2.86 bits per heavy atom. The number of hydrogen-bond acceptors (Lipinski definition) is 4. The van der Waals surface area contributed by atoms with Crippen LogP contribution in [0.5, 0.6) is 0 Å². The molecule has 0 saturated carbocycles. The van der Waals surface area contributed by atoms with Crippen LogP contribution in [0.1, 0.15) is 11.4 Å². The molecule has 1 N–H and O–H groups in total. The second-order valence-electron chi connectivity index (χ2n) is 4.85. The van der Waals surface area contributed by atoms with Crippen LogP contribution in [0.2, 0.25) is 0 Å². The van der Waals surface area contributed by atoms with Crippen molar-refractivity contribution in [2.75, 3.05) is 6.54 Å². The highest BCUT2D eigenvalue weighted by Gasteiger charge is 2.31. The Kier molecular flexibility index (Phi) is 3.18. The third kappa shape index (κ3) is 2.28. The first-order valence-corrected chi connectivity index (χ1v) is 7.74. The van der Waals surface area contributed by atoms with Gasteiger partial charge in [0, 0.05) is 13.1 Å². The summed E-state index contributed by atoms with van der Waals surface area (Å²) in [5, 5.41) is 6.09. The lowest BCUT2D eigenvalue weighted by molar-refractivity contribution is 0.332. The summed E-state index contributed by atoms with van der Waals surface area (Å²) in [4.78, 5) is 11.4. The highest BCUT2D eigenvalue weighted by molar-refractivity contribution is 7.89. The lowest BCUT2D eigenvalue weighted by atomic mass is 10.2. The molecule has 3 rings (SSSR count). The van der Waals surface area contributed by atoms with Crippen molar-refractivity contribution < 1.29 is 12.8 Å². The fourth-order valence-corrected chi connectivity index (χ4v) is 3.97. The van der Waals surface area contributed by atoms with Crippen molar-refractivity contribution in [1.82, 2.24) is 19.1 Å². The molecule has 0 fully saturated rings. The lowest BCUT2D eigenvalue weighted by Gasteiger charge is -2.26. The minimum Gasteiger partial charge on any atom is -0.277 e. The molecule has 0 unspecified atom stereocenters. The van der Waals surface area contributed by atoms with Crippen LogP contribution in [0.15, 0.2) is 27.9 Å². The number of aryl methyl sites for hydroxylation is 1. The molecule has 1 aliphatic heterocycles. The lowest BCUT2D eigenvalue weighted by Crippen LogP contribution is -2.40. The molecule has 7 nitrogen and oxygen atoms in total. The fourth-order valence-electron chi connectivity index (χ4n) is 2.35. The summed E-state index contributed by atoms with van der Waals surface area (Å²) >= 11 is 0. The van der Waals surface area contributed by atoms with Gasteiger partial charge in [-0.1, -0.05) is 6.07 Å². The molecule has 0 aliphatic carbocycles. The second-order valence-corrected chi connectivity index (χ2v) is 6.75. The average Bonchev–Trinajstić information content (AvgIpc) is 2.82. The van der Waals surface area contributed by atoms with Crippen molar-refractivity contribution in [1.29, 1.82) is 0 Å². The summed E-state index contributed by atoms with van der Waals surface area (Å²) in [6, 6.07) is 3.66. The molecule has 1 aromatic carbocycles. The van der Waals surface area contributed by atoms with Gasteiger partial charge >= 0.3 is 5.69 Å². The van der Waals surface area contributed by atoms with Crippen LogP contribution in [0.3, 0.4) is 0 Å². The van der Waals surface area contributed by atoms with Crippen molar-refractivity contribution >= 4 is 10.0 Å². The van der Waals surface area contributed by atoms with Gasteiger partial charge in [-0.3, -0.25) is 4.57 Å². The Morgan fingerprint density at radius 1 is 1.33 bits per heavy atom. The number of benzene rings is 1. The number of nitrogens with one attached hydrogen (secondary N) is 1. The third-order valence-electron chi connectivity index (χ3n) is 3.50. The van der Waals surface area contributed by atoms with E-state index in [1.807, 2.05) is 0 Å². The number of H-pyrrole nitrogens is 1. The summed E-state index contributed by atoms with van der Waals surface area (Å²) in [5.74, 6) is -0.253. The summed E-state index contributed by atoms with van der Waals surface area (Å²) in [6.07, 6.45) is 0. The SMILES string of the molecule is Cc1ccc(F)cc1S(=O)(=O)N1CCn2c(n[nH]c2=O)C1. The van der Waals surface area contributed by atoms with E-state index in [9.17, 15) is 17.6 Å². The standard InChI is InChI=1S/C12H13FN4O3S/c1-8-2-3-9(13)6-10(8)21(19,20)16-4-5-17-11(7-16)14-15-12(17)18/h2-3,6H,4-5,7H2,1H3,(H,15,18). The summed E-state index contributed by atoms with van der Waals surface area (Å²) in [5.41, 5.74) is 0.116. The maximum absolute atomic E-state index is 13.3. The number of rotatable bonds is 2. The van der Waals surface area contributed by atoms with Crippen LogP contribution >= 0.6 is 0 Å². The first-order chi connectivity index (χ1) is 9.89. The van der Waals surface area contributed by atoms with E-state index in [1.165, 1.54) is 21.0 Å². The molecule has 1 aliphatic rings. The summed E-state index contributed by atoms with van der Waals surface area (Å²) in [7, 11) is -3.82. The molecular weight excluding hydrogens is 299 g/mol. The van der Waals surface area contributed by atoms with Crippen molar-refractivity contribution in [3.8, 4) is 0 Å². The average molecular weight is 312 g/mol. The molecule has 0 spiro atoms. The Morgan fingerprint density at radius 2 is 2.10 bits per heavy atom. The van der Waals surface area contributed by atoms with Gasteiger partial charge in [-0.15, -0.1) is 0 Å². The summed E-state index contributed by atoms with van der Waals surface area (Å²) in [6.45, 7) is 1.96. The zero-order chi connectivity index (χ0) is 15.2. The quantitative estimate of drug-likeness (QED) is 0.859. The van der Waals surface area contributed by atoms with E-state index in [2.05, 4.69) is 10.2 Å². The molecule has 0 bridgehead atoms. The molecule has 2 aromatic rings. The maximum atomic E-state index is 13.3. The third-order valence-corrected chi connectivity index (χ3v) is 5.48. The number of fused-ring (bicyclic) bond motifs is 1. The number of aromatic amines is 1. The molecule has 0 amide bonds. The normalized spacial score (nSPS) is 15.9. The number of nitrogens with zero attached hydrogens (tertiary/aromatic N) is 3. The number of aromatic nitrogens is 3. The molecule has 112 valence electrons. The van der Waals surface area contributed by atoms with Gasteiger partial charge in [0.2, 0.25) is 10.0 Å². The first kappa shape index (κ1) is 14.0. The molecular formula is C12H13FN4O3S. The van der Waals surface area contributed by atoms with Crippen molar-refractivity contribution in [3.05, 3.63) is 45.9 Å². The van der Waals surface area contributed by atoms with E-state index in [-0.39, 0.29) is 30.2 Å². The van der Waals surface area contributed by atoms with Crippen molar-refractivity contribution in [3.63, 3.8) is 0 Å². The van der Waals surface area contributed by atoms with Gasteiger partial charge in [0.25, 0.3) is 0 Å². The van der Waals surface area contributed by atoms with E-state index < -0.39 is 15.8 Å². The molecule has 1 aromatic heterocycles. The predicted molar refractivity (Wildman–Crippen MR) is 71.6 cm³/mol. The Balaban J connectivity index is 2.00. The molecule has 2 heterocycles. The van der Waals surface area contributed by atoms with Crippen LogP contribution in [0, 0.1) is 12.7 Å². The molecule has 21 heavy (non-hydrogen) atoms. The fraction of sp³-hybridized carbons (Fsp3) is 0.333. The Hall–Kier alpha value is -2.00. The smallest absolute Gasteiger partial charge is 0.277 e. The second kappa shape index (κ2) is 4.78. The molecule has 9 heteroatoms. The monoisotopic (exact) mass is 312 g/mol. The van der Waals surface area contributed by atoms with E-state index in [4.69, 9.17) is 0 Å². The first-order valence-electron chi connectivity index (χ1n) is 6.30. The highest BCUT2D eigenvalue weighted by Crippen LogP contribution is 2.23. The van der Waals surface area contributed by atoms with Crippen molar-refractivity contribution in [2.45, 2.75) is 24.9 Å². The molecule has 0 saturated heterocycles. The zero-order valence-electron chi connectivity index (χ0n) is 11.2. The van der Waals surface area contributed by atoms with Crippen molar-refractivity contribution in [2.24, 2.45) is 0 Å². The van der Waals surface area contributed by atoms with Gasteiger partial charge in [0.15, 0.2) is 0 Å². The number of hydrogen-bond donors (Lipinski definition) is 1. The van der Waals surface area contributed by atoms with Crippen LogP contribution in [-0.4, -0.2) is 34.0 Å². The molecule has 0 radical (unpaired) electrons. The van der Waals surface area contributed by atoms with Gasteiger partial charge in [0.05, 0.1) is 11.4 Å². The van der Waals surface area contributed by atoms with Crippen LogP contribution in [-0.2, 0) is 23.1 Å². The van der Waals surface area contributed by atoms with Crippen LogP contribution < -0.4 is 5.69 Å². The minimum atomic E-state index is -3.82. The van der Waals surface area contributed by atoms with E-state index in [1.54, 1.807) is 6.92 Å². The maximum Gasteiger partial charge on any atom is 0.343 e. The van der Waals surface area contributed by atoms with Crippen LogP contribution in [0.4, 0.5) is 4.39 Å². The van der Waals surface area contributed by atoms with Gasteiger partial charge in [-0.25, -0.2) is 22.7 Å². The van der Waals surface area contributed by atoms with E-state index >= 15 is 0 Å². The minimum absolute atomic E-state index is 0.0168. The largest absolute Gasteiger partial charge is 0.343 e. The summed E-state index contributed by atoms with van der Waals surface area (Å²) < 4.78 is 41.2. The Bertz CT molecular complexity index is 856.